The van der Waals surface area contributed by atoms with E-state index >= 15 is 0 Å². The van der Waals surface area contributed by atoms with Gasteiger partial charge in [0.1, 0.15) is 16.3 Å². The topological polar surface area (TPSA) is 28.7 Å². The van der Waals surface area contributed by atoms with Crippen molar-refractivity contribution in [2.45, 2.75) is 33.6 Å². The summed E-state index contributed by atoms with van der Waals surface area (Å²) in [6, 6.07) is 5.22. The normalized spacial score (nSPS) is 10.7. The van der Waals surface area contributed by atoms with Crippen molar-refractivity contribution in [1.82, 2.24) is 9.97 Å². The molecule has 2 aromatic rings. The lowest BCUT2D eigenvalue weighted by Gasteiger charge is -2.10. The SMILES string of the molecule is CCCc1nc(=S)c(C)c(-c2ccc(C)c(F)c2)[nH]1. The van der Waals surface area contributed by atoms with Gasteiger partial charge >= 0.3 is 0 Å². The molecule has 4 heteroatoms. The number of aromatic nitrogens is 2. The monoisotopic (exact) mass is 276 g/mol. The first-order chi connectivity index (χ1) is 9.02. The van der Waals surface area contributed by atoms with Gasteiger partial charge < -0.3 is 4.98 Å². The fourth-order valence-electron chi connectivity index (χ4n) is 1.97. The number of nitrogens with zero attached hydrogens (tertiary/aromatic N) is 1. The predicted octanol–water partition coefficient (Wildman–Crippen LogP) is 4.51. The Labute approximate surface area is 117 Å². The molecular formula is C15H17FN2S. The van der Waals surface area contributed by atoms with Gasteiger partial charge in [-0.3, -0.25) is 0 Å². The van der Waals surface area contributed by atoms with E-state index in [9.17, 15) is 4.39 Å². The molecule has 100 valence electrons. The van der Waals surface area contributed by atoms with E-state index in [-0.39, 0.29) is 5.82 Å². The van der Waals surface area contributed by atoms with Crippen LogP contribution in [-0.2, 0) is 6.42 Å². The smallest absolute Gasteiger partial charge is 0.133 e. The van der Waals surface area contributed by atoms with Gasteiger partial charge in [-0.25, -0.2) is 9.37 Å². The highest BCUT2D eigenvalue weighted by Crippen LogP contribution is 2.23. The third kappa shape index (κ3) is 2.89. The Morgan fingerprint density at radius 3 is 2.68 bits per heavy atom. The number of aryl methyl sites for hydroxylation is 2. The van der Waals surface area contributed by atoms with E-state index in [2.05, 4.69) is 16.9 Å². The minimum Gasteiger partial charge on any atom is -0.343 e. The second-order valence-corrected chi connectivity index (χ2v) is 5.09. The Kier molecular flexibility index (Phi) is 4.10. The molecule has 0 aliphatic carbocycles. The van der Waals surface area contributed by atoms with Crippen LogP contribution in [0.25, 0.3) is 11.3 Å². The van der Waals surface area contributed by atoms with Gasteiger partial charge in [-0.15, -0.1) is 0 Å². The first-order valence-corrected chi connectivity index (χ1v) is 6.80. The maximum Gasteiger partial charge on any atom is 0.133 e. The van der Waals surface area contributed by atoms with E-state index in [0.717, 1.165) is 35.5 Å². The summed E-state index contributed by atoms with van der Waals surface area (Å²) >= 11 is 5.28. The van der Waals surface area contributed by atoms with Gasteiger partial charge in [-0.05, 0) is 31.9 Å². The minimum atomic E-state index is -0.204. The number of hydrogen-bond acceptors (Lipinski definition) is 2. The van der Waals surface area contributed by atoms with Gasteiger partial charge in [-0.2, -0.15) is 0 Å². The number of hydrogen-bond donors (Lipinski definition) is 1. The second kappa shape index (κ2) is 5.61. The summed E-state index contributed by atoms with van der Waals surface area (Å²) in [5.74, 6) is 0.652. The van der Waals surface area contributed by atoms with Crippen LogP contribution in [0.1, 0.15) is 30.3 Å². The van der Waals surface area contributed by atoms with Crippen molar-refractivity contribution in [3.63, 3.8) is 0 Å². The number of H-pyrrole nitrogens is 1. The lowest BCUT2D eigenvalue weighted by Crippen LogP contribution is -2.00. The molecule has 0 spiro atoms. The Balaban J connectivity index is 2.60. The molecule has 1 aromatic carbocycles. The minimum absolute atomic E-state index is 0.204. The highest BCUT2D eigenvalue weighted by Gasteiger charge is 2.09. The van der Waals surface area contributed by atoms with Crippen molar-refractivity contribution < 1.29 is 4.39 Å². The standard InChI is InChI=1S/C15H17FN2S/c1-4-5-13-17-14(10(3)15(19)18-13)11-7-6-9(2)12(16)8-11/h6-8H,4-5H2,1-3H3,(H,17,18,19). The Morgan fingerprint density at radius 2 is 2.05 bits per heavy atom. The molecule has 2 nitrogen and oxygen atoms in total. The average Bonchev–Trinajstić information content (AvgIpc) is 2.37. The van der Waals surface area contributed by atoms with Gasteiger partial charge in [0.2, 0.25) is 0 Å². The summed E-state index contributed by atoms with van der Waals surface area (Å²) in [4.78, 5) is 7.63. The van der Waals surface area contributed by atoms with Crippen molar-refractivity contribution in [3.8, 4) is 11.3 Å². The number of rotatable bonds is 3. The third-order valence-corrected chi connectivity index (χ3v) is 3.55. The van der Waals surface area contributed by atoms with Crippen LogP contribution >= 0.6 is 12.2 Å². The molecule has 0 saturated heterocycles. The van der Waals surface area contributed by atoms with Gasteiger partial charge in [-0.1, -0.05) is 31.3 Å². The largest absolute Gasteiger partial charge is 0.343 e. The van der Waals surface area contributed by atoms with E-state index in [0.29, 0.717) is 10.2 Å². The number of nitrogens with one attached hydrogen (secondary N) is 1. The zero-order valence-corrected chi connectivity index (χ0v) is 12.2. The maximum absolute atomic E-state index is 13.7. The van der Waals surface area contributed by atoms with Gasteiger partial charge in [0.15, 0.2) is 0 Å². The van der Waals surface area contributed by atoms with Crippen molar-refractivity contribution in [2.24, 2.45) is 0 Å². The molecule has 1 heterocycles. The lowest BCUT2D eigenvalue weighted by atomic mass is 10.1. The fraction of sp³-hybridized carbons (Fsp3) is 0.333. The molecule has 1 aromatic heterocycles. The molecule has 0 unspecified atom stereocenters. The molecule has 2 rings (SSSR count). The number of aromatic amines is 1. The van der Waals surface area contributed by atoms with Crippen molar-refractivity contribution in [1.29, 1.82) is 0 Å². The molecule has 0 aliphatic heterocycles. The number of halogens is 1. The van der Waals surface area contributed by atoms with Gasteiger partial charge in [0.05, 0.1) is 5.69 Å². The molecule has 0 amide bonds. The second-order valence-electron chi connectivity index (χ2n) is 4.70. The van der Waals surface area contributed by atoms with Crippen LogP contribution in [0, 0.1) is 24.3 Å². The van der Waals surface area contributed by atoms with Crippen LogP contribution < -0.4 is 0 Å². The lowest BCUT2D eigenvalue weighted by molar-refractivity contribution is 0.619. The van der Waals surface area contributed by atoms with Crippen LogP contribution in [0.4, 0.5) is 4.39 Å². The van der Waals surface area contributed by atoms with E-state index in [1.165, 1.54) is 0 Å². The predicted molar refractivity (Wildman–Crippen MR) is 78.3 cm³/mol. The van der Waals surface area contributed by atoms with Crippen molar-refractivity contribution in [2.75, 3.05) is 0 Å². The van der Waals surface area contributed by atoms with E-state index in [4.69, 9.17) is 12.2 Å². The summed E-state index contributed by atoms with van der Waals surface area (Å²) in [6.45, 7) is 5.75. The zero-order valence-electron chi connectivity index (χ0n) is 11.4. The van der Waals surface area contributed by atoms with Crippen LogP contribution in [-0.4, -0.2) is 9.97 Å². The van der Waals surface area contributed by atoms with Crippen molar-refractivity contribution in [3.05, 3.63) is 45.6 Å². The number of benzene rings is 1. The summed E-state index contributed by atoms with van der Waals surface area (Å²) in [6.07, 6.45) is 1.83. The zero-order chi connectivity index (χ0) is 14.0. The maximum atomic E-state index is 13.7. The molecule has 0 radical (unpaired) electrons. The van der Waals surface area contributed by atoms with Gasteiger partial charge in [0.25, 0.3) is 0 Å². The fourth-order valence-corrected chi connectivity index (χ4v) is 2.18. The molecule has 19 heavy (non-hydrogen) atoms. The Bertz CT molecular complexity index is 662. The van der Waals surface area contributed by atoms with Crippen LogP contribution in [0.2, 0.25) is 0 Å². The van der Waals surface area contributed by atoms with Crippen LogP contribution in [0.15, 0.2) is 18.2 Å². The van der Waals surface area contributed by atoms with E-state index < -0.39 is 0 Å². The Hall–Kier alpha value is -1.55. The highest BCUT2D eigenvalue weighted by molar-refractivity contribution is 7.71. The Morgan fingerprint density at radius 1 is 1.32 bits per heavy atom. The summed E-state index contributed by atoms with van der Waals surface area (Å²) < 4.78 is 14.3. The summed E-state index contributed by atoms with van der Waals surface area (Å²) in [7, 11) is 0. The van der Waals surface area contributed by atoms with E-state index in [1.807, 2.05) is 13.0 Å². The first kappa shape index (κ1) is 13.9. The molecule has 0 bridgehead atoms. The van der Waals surface area contributed by atoms with Crippen LogP contribution in [0.5, 0.6) is 0 Å². The van der Waals surface area contributed by atoms with Crippen LogP contribution in [0.3, 0.4) is 0 Å². The highest BCUT2D eigenvalue weighted by atomic mass is 32.1. The average molecular weight is 276 g/mol. The van der Waals surface area contributed by atoms with Gasteiger partial charge in [0, 0.05) is 17.5 Å². The van der Waals surface area contributed by atoms with E-state index in [1.54, 1.807) is 19.1 Å². The summed E-state index contributed by atoms with van der Waals surface area (Å²) in [5, 5.41) is 0. The summed E-state index contributed by atoms with van der Waals surface area (Å²) in [5.41, 5.74) is 3.20. The molecule has 0 fully saturated rings. The molecule has 1 N–H and O–H groups in total. The van der Waals surface area contributed by atoms with Crippen molar-refractivity contribution >= 4 is 12.2 Å². The third-order valence-electron chi connectivity index (χ3n) is 3.15. The quantitative estimate of drug-likeness (QED) is 0.835. The molecular weight excluding hydrogens is 259 g/mol. The first-order valence-electron chi connectivity index (χ1n) is 6.39. The molecule has 0 aliphatic rings. The molecule has 0 atom stereocenters. The molecule has 0 saturated carbocycles.